The van der Waals surface area contributed by atoms with Crippen molar-refractivity contribution in [1.29, 1.82) is 0 Å². The van der Waals surface area contributed by atoms with Crippen LogP contribution in [-0.2, 0) is 4.79 Å². The second kappa shape index (κ2) is 5.12. The molecule has 4 heteroatoms. The Bertz CT molecular complexity index is 280. The maximum Gasteiger partial charge on any atom is 0.231 e. The van der Waals surface area contributed by atoms with Crippen molar-refractivity contribution in [2.75, 3.05) is 18.5 Å². The van der Waals surface area contributed by atoms with Crippen LogP contribution in [0.5, 0.6) is 0 Å². The molecule has 0 fully saturated rings. The number of nitrogens with zero attached hydrogens (tertiary/aromatic N) is 1. The second-order valence-electron chi connectivity index (χ2n) is 3.19. The van der Waals surface area contributed by atoms with Crippen molar-refractivity contribution in [2.24, 2.45) is 11.7 Å². The summed E-state index contributed by atoms with van der Waals surface area (Å²) in [6, 6.07) is 3.87. The first kappa shape index (κ1) is 11.2. The molecule has 0 aromatic carbocycles. The van der Waals surface area contributed by atoms with Crippen molar-refractivity contribution in [1.82, 2.24) is 0 Å². The highest BCUT2D eigenvalue weighted by atomic mass is 32.1. The topological polar surface area (TPSA) is 46.3 Å². The molecular formula is C10H16N2OS. The summed E-state index contributed by atoms with van der Waals surface area (Å²) in [5, 5.41) is 2.93. The number of hydrogen-bond donors (Lipinski definition) is 1. The van der Waals surface area contributed by atoms with Crippen molar-refractivity contribution in [2.45, 2.75) is 13.3 Å². The van der Waals surface area contributed by atoms with Crippen LogP contribution in [0.4, 0.5) is 5.00 Å². The van der Waals surface area contributed by atoms with Crippen LogP contribution in [0, 0.1) is 5.92 Å². The molecule has 0 bridgehead atoms. The zero-order valence-corrected chi connectivity index (χ0v) is 9.38. The molecule has 1 heterocycles. The van der Waals surface area contributed by atoms with Crippen LogP contribution in [0.25, 0.3) is 0 Å². The highest BCUT2D eigenvalue weighted by Gasteiger charge is 2.20. The molecule has 1 unspecified atom stereocenters. The first-order valence-electron chi connectivity index (χ1n) is 4.71. The molecule has 1 atom stereocenters. The van der Waals surface area contributed by atoms with Gasteiger partial charge in [0.25, 0.3) is 0 Å². The molecule has 0 saturated carbocycles. The summed E-state index contributed by atoms with van der Waals surface area (Å²) >= 11 is 1.56. The van der Waals surface area contributed by atoms with Gasteiger partial charge in [0.05, 0.1) is 10.9 Å². The minimum absolute atomic E-state index is 0.0536. The number of amides is 1. The minimum Gasteiger partial charge on any atom is -0.330 e. The van der Waals surface area contributed by atoms with Gasteiger partial charge in [0.1, 0.15) is 0 Å². The van der Waals surface area contributed by atoms with Gasteiger partial charge in [-0.3, -0.25) is 4.79 Å². The highest BCUT2D eigenvalue weighted by molar-refractivity contribution is 7.14. The van der Waals surface area contributed by atoms with Gasteiger partial charge in [-0.15, -0.1) is 11.3 Å². The van der Waals surface area contributed by atoms with Crippen molar-refractivity contribution >= 4 is 22.2 Å². The van der Waals surface area contributed by atoms with Gasteiger partial charge in [0.2, 0.25) is 5.91 Å². The standard InChI is InChI=1S/C10H16N2OS/c1-3-8(7-11)10(13)12(2)9-5-4-6-14-9/h4-6,8H,3,7,11H2,1-2H3. The van der Waals surface area contributed by atoms with Gasteiger partial charge in [-0.1, -0.05) is 6.92 Å². The number of carbonyl (C=O) groups is 1. The molecule has 0 aliphatic carbocycles. The molecule has 1 amide bonds. The number of thiophene rings is 1. The third-order valence-corrected chi connectivity index (χ3v) is 3.24. The van der Waals surface area contributed by atoms with Gasteiger partial charge >= 0.3 is 0 Å². The van der Waals surface area contributed by atoms with Crippen LogP contribution < -0.4 is 10.6 Å². The summed E-state index contributed by atoms with van der Waals surface area (Å²) in [5.41, 5.74) is 5.53. The SMILES string of the molecule is CCC(CN)C(=O)N(C)c1cccs1. The quantitative estimate of drug-likeness (QED) is 0.825. The lowest BCUT2D eigenvalue weighted by Gasteiger charge is -2.20. The lowest BCUT2D eigenvalue weighted by Crippen LogP contribution is -2.35. The molecule has 1 aromatic rings. The molecule has 0 radical (unpaired) electrons. The summed E-state index contributed by atoms with van der Waals surface area (Å²) in [6.07, 6.45) is 0.797. The van der Waals surface area contributed by atoms with Crippen LogP contribution >= 0.6 is 11.3 Å². The van der Waals surface area contributed by atoms with E-state index in [9.17, 15) is 4.79 Å². The van der Waals surface area contributed by atoms with Crippen LogP contribution in [-0.4, -0.2) is 19.5 Å². The Morgan fingerprint density at radius 3 is 2.86 bits per heavy atom. The van der Waals surface area contributed by atoms with E-state index in [2.05, 4.69) is 0 Å². The van der Waals surface area contributed by atoms with Crippen LogP contribution in [0.3, 0.4) is 0 Å². The Morgan fingerprint density at radius 2 is 2.43 bits per heavy atom. The van der Waals surface area contributed by atoms with E-state index in [4.69, 9.17) is 5.73 Å². The van der Waals surface area contributed by atoms with Crippen LogP contribution in [0.1, 0.15) is 13.3 Å². The van der Waals surface area contributed by atoms with Crippen LogP contribution in [0.15, 0.2) is 17.5 Å². The Kier molecular flexibility index (Phi) is 4.10. The Morgan fingerprint density at radius 1 is 1.71 bits per heavy atom. The minimum atomic E-state index is -0.0536. The van der Waals surface area contributed by atoms with Gasteiger partial charge < -0.3 is 10.6 Å². The normalized spacial score (nSPS) is 12.5. The monoisotopic (exact) mass is 212 g/mol. The summed E-state index contributed by atoms with van der Waals surface area (Å²) in [7, 11) is 1.80. The van der Waals surface area contributed by atoms with Crippen molar-refractivity contribution < 1.29 is 4.79 Å². The lowest BCUT2D eigenvalue weighted by molar-refractivity contribution is -0.121. The molecule has 0 aliphatic rings. The maximum atomic E-state index is 11.9. The number of hydrogen-bond acceptors (Lipinski definition) is 3. The lowest BCUT2D eigenvalue weighted by atomic mass is 10.1. The summed E-state index contributed by atoms with van der Waals surface area (Å²) < 4.78 is 0. The first-order chi connectivity index (χ1) is 6.70. The van der Waals surface area contributed by atoms with E-state index in [0.717, 1.165) is 11.4 Å². The molecule has 0 aliphatic heterocycles. The largest absolute Gasteiger partial charge is 0.330 e. The van der Waals surface area contributed by atoms with Crippen molar-refractivity contribution in [3.8, 4) is 0 Å². The Balaban J connectivity index is 2.69. The summed E-state index contributed by atoms with van der Waals surface area (Å²) in [5.74, 6) is 0.0551. The van der Waals surface area contributed by atoms with Gasteiger partial charge in [-0.2, -0.15) is 0 Å². The number of carbonyl (C=O) groups excluding carboxylic acids is 1. The average molecular weight is 212 g/mol. The van der Waals surface area contributed by atoms with E-state index < -0.39 is 0 Å². The molecule has 1 aromatic heterocycles. The smallest absolute Gasteiger partial charge is 0.231 e. The van der Waals surface area contributed by atoms with Gasteiger partial charge in [-0.25, -0.2) is 0 Å². The Labute approximate surface area is 88.5 Å². The fourth-order valence-corrected chi connectivity index (χ4v) is 1.99. The predicted octanol–water partition coefficient (Wildman–Crippen LogP) is 1.70. The predicted molar refractivity (Wildman–Crippen MR) is 60.6 cm³/mol. The molecule has 14 heavy (non-hydrogen) atoms. The first-order valence-corrected chi connectivity index (χ1v) is 5.59. The van der Waals surface area contributed by atoms with Crippen molar-refractivity contribution in [3.05, 3.63) is 17.5 Å². The zero-order valence-electron chi connectivity index (χ0n) is 8.56. The fourth-order valence-electron chi connectivity index (χ4n) is 1.29. The molecule has 0 saturated heterocycles. The number of anilines is 1. The summed E-state index contributed by atoms with van der Waals surface area (Å²) in [6.45, 7) is 2.41. The maximum absolute atomic E-state index is 11.9. The summed E-state index contributed by atoms with van der Waals surface area (Å²) in [4.78, 5) is 13.5. The molecular weight excluding hydrogens is 196 g/mol. The van der Waals surface area contributed by atoms with E-state index in [1.54, 1.807) is 23.3 Å². The van der Waals surface area contributed by atoms with Gasteiger partial charge in [0, 0.05) is 13.6 Å². The van der Waals surface area contributed by atoms with E-state index in [1.807, 2.05) is 24.4 Å². The molecule has 3 nitrogen and oxygen atoms in total. The van der Waals surface area contributed by atoms with Gasteiger partial charge in [0.15, 0.2) is 0 Å². The Hall–Kier alpha value is -0.870. The number of rotatable bonds is 4. The van der Waals surface area contributed by atoms with Crippen LogP contribution in [0.2, 0.25) is 0 Å². The third-order valence-electron chi connectivity index (χ3n) is 2.29. The van der Waals surface area contributed by atoms with E-state index in [0.29, 0.717) is 6.54 Å². The number of nitrogens with two attached hydrogens (primary N) is 1. The fraction of sp³-hybridized carbons (Fsp3) is 0.500. The highest BCUT2D eigenvalue weighted by Crippen LogP contribution is 2.21. The van der Waals surface area contributed by atoms with Crippen molar-refractivity contribution in [3.63, 3.8) is 0 Å². The van der Waals surface area contributed by atoms with E-state index in [-0.39, 0.29) is 11.8 Å². The molecule has 78 valence electrons. The zero-order chi connectivity index (χ0) is 10.6. The molecule has 0 spiro atoms. The molecule has 2 N–H and O–H groups in total. The van der Waals surface area contributed by atoms with Gasteiger partial charge in [-0.05, 0) is 23.9 Å². The third kappa shape index (κ3) is 2.33. The van der Waals surface area contributed by atoms with E-state index in [1.165, 1.54) is 0 Å². The average Bonchev–Trinajstić information content (AvgIpc) is 2.71. The molecule has 1 rings (SSSR count). The second-order valence-corrected chi connectivity index (χ2v) is 4.12. The van der Waals surface area contributed by atoms with E-state index >= 15 is 0 Å².